The van der Waals surface area contributed by atoms with Gasteiger partial charge in [-0.25, -0.2) is 0 Å². The summed E-state index contributed by atoms with van der Waals surface area (Å²) in [4.78, 5) is 41.3. The van der Waals surface area contributed by atoms with Crippen LogP contribution in [0.3, 0.4) is 0 Å². The van der Waals surface area contributed by atoms with Crippen LogP contribution in [-0.4, -0.2) is 79.0 Å². The first-order valence-electron chi connectivity index (χ1n) is 11.4. The van der Waals surface area contributed by atoms with E-state index in [2.05, 4.69) is 4.90 Å². The second-order valence-corrected chi connectivity index (χ2v) is 8.31. The van der Waals surface area contributed by atoms with Crippen LogP contribution in [0.4, 0.5) is 11.4 Å². The second-order valence-electron chi connectivity index (χ2n) is 8.31. The van der Waals surface area contributed by atoms with Gasteiger partial charge >= 0.3 is 0 Å². The van der Waals surface area contributed by atoms with Crippen LogP contribution in [0.2, 0.25) is 0 Å². The van der Waals surface area contributed by atoms with Crippen molar-refractivity contribution in [2.75, 3.05) is 57.4 Å². The minimum atomic E-state index is -0.392. The van der Waals surface area contributed by atoms with Crippen LogP contribution < -0.4 is 4.90 Å². The summed E-state index contributed by atoms with van der Waals surface area (Å²) >= 11 is 0. The number of benzene rings is 2. The molecule has 0 radical (unpaired) electrons. The van der Waals surface area contributed by atoms with Gasteiger partial charge in [0.25, 0.3) is 5.69 Å². The molecule has 9 heteroatoms. The highest BCUT2D eigenvalue weighted by molar-refractivity contribution is 5.94. The Balaban J connectivity index is 1.61. The van der Waals surface area contributed by atoms with Crippen LogP contribution in [-0.2, 0) is 14.3 Å². The van der Waals surface area contributed by atoms with Crippen LogP contribution in [0.1, 0.15) is 12.5 Å². The summed E-state index contributed by atoms with van der Waals surface area (Å²) in [5.74, 6) is -0.175. The van der Waals surface area contributed by atoms with Crippen molar-refractivity contribution < 1.29 is 19.2 Å². The van der Waals surface area contributed by atoms with Gasteiger partial charge in [0, 0.05) is 64.0 Å². The van der Waals surface area contributed by atoms with E-state index < -0.39 is 4.92 Å². The number of nitrogens with zero attached hydrogens (tertiary/aromatic N) is 4. The van der Waals surface area contributed by atoms with Crippen LogP contribution in [0, 0.1) is 10.1 Å². The van der Waals surface area contributed by atoms with Gasteiger partial charge < -0.3 is 19.4 Å². The summed E-state index contributed by atoms with van der Waals surface area (Å²) in [6, 6.07) is 12.6. The van der Waals surface area contributed by atoms with Gasteiger partial charge in [-0.05, 0) is 29.3 Å². The van der Waals surface area contributed by atoms with Gasteiger partial charge in [-0.2, -0.15) is 0 Å². The number of amides is 2. The van der Waals surface area contributed by atoms with E-state index in [0.29, 0.717) is 50.5 Å². The van der Waals surface area contributed by atoms with E-state index in [0.717, 1.165) is 24.3 Å². The summed E-state index contributed by atoms with van der Waals surface area (Å²) in [5.41, 5.74) is 2.77. The molecular formula is C25H28N4O5. The maximum atomic E-state index is 12.8. The Hall–Kier alpha value is -3.72. The Labute approximate surface area is 198 Å². The third-order valence-electron chi connectivity index (χ3n) is 6.22. The fourth-order valence-electron chi connectivity index (χ4n) is 4.35. The number of morpholine rings is 1. The van der Waals surface area contributed by atoms with Crippen molar-refractivity contribution in [3.05, 3.63) is 64.2 Å². The highest BCUT2D eigenvalue weighted by Crippen LogP contribution is 2.36. The number of anilines is 1. The molecule has 34 heavy (non-hydrogen) atoms. The van der Waals surface area contributed by atoms with Crippen LogP contribution in [0.15, 0.2) is 48.5 Å². The highest BCUT2D eigenvalue weighted by atomic mass is 16.6. The molecule has 2 aliphatic rings. The normalized spacial score (nSPS) is 16.7. The Morgan fingerprint density at radius 1 is 0.971 bits per heavy atom. The van der Waals surface area contributed by atoms with Crippen LogP contribution in [0.25, 0.3) is 17.2 Å². The Morgan fingerprint density at radius 2 is 1.65 bits per heavy atom. The molecule has 0 bridgehead atoms. The lowest BCUT2D eigenvalue weighted by molar-refractivity contribution is -0.384. The van der Waals surface area contributed by atoms with Gasteiger partial charge in [0.1, 0.15) is 0 Å². The first kappa shape index (κ1) is 23.4. The maximum absolute atomic E-state index is 12.8. The number of carbonyl (C=O) groups is 2. The molecule has 0 aromatic heterocycles. The van der Waals surface area contributed by atoms with Crippen molar-refractivity contribution in [3.8, 4) is 11.1 Å². The molecule has 4 rings (SSSR count). The monoisotopic (exact) mass is 464 g/mol. The number of nitro groups is 1. The fraction of sp³-hybridized carbons (Fsp3) is 0.360. The maximum Gasteiger partial charge on any atom is 0.277 e. The number of piperazine rings is 1. The van der Waals surface area contributed by atoms with Crippen molar-refractivity contribution in [1.29, 1.82) is 0 Å². The molecule has 0 N–H and O–H groups in total. The summed E-state index contributed by atoms with van der Waals surface area (Å²) in [5, 5.41) is 11.9. The van der Waals surface area contributed by atoms with E-state index >= 15 is 0 Å². The number of hydrogen-bond acceptors (Lipinski definition) is 6. The zero-order valence-electron chi connectivity index (χ0n) is 19.2. The molecule has 0 atom stereocenters. The predicted octanol–water partition coefficient (Wildman–Crippen LogP) is 2.80. The quantitative estimate of drug-likeness (QED) is 0.384. The summed E-state index contributed by atoms with van der Waals surface area (Å²) in [7, 11) is 0. The first-order valence-corrected chi connectivity index (χ1v) is 11.4. The van der Waals surface area contributed by atoms with Gasteiger partial charge in [-0.15, -0.1) is 0 Å². The van der Waals surface area contributed by atoms with Crippen molar-refractivity contribution in [1.82, 2.24) is 9.80 Å². The molecule has 2 aromatic rings. The van der Waals surface area contributed by atoms with Crippen LogP contribution in [0.5, 0.6) is 0 Å². The van der Waals surface area contributed by atoms with Gasteiger partial charge in [0.15, 0.2) is 0 Å². The standard InChI is InChI=1S/C25H28N4O5/c1-19(30)26-10-12-28(13-11-26)24(31)9-8-20-4-3-7-23(29(32)33)25(20)21-5-2-6-22(18-21)27-14-16-34-17-15-27/h2-9,18H,10-17H2,1H3/b9-8+. The molecule has 0 saturated carbocycles. The topological polar surface area (TPSA) is 96.2 Å². The summed E-state index contributed by atoms with van der Waals surface area (Å²) < 4.78 is 5.43. The molecular weight excluding hydrogens is 436 g/mol. The average Bonchev–Trinajstić information content (AvgIpc) is 2.87. The molecule has 2 saturated heterocycles. The molecule has 9 nitrogen and oxygen atoms in total. The lowest BCUT2D eigenvalue weighted by atomic mass is 9.96. The van der Waals surface area contributed by atoms with Crippen molar-refractivity contribution in [3.63, 3.8) is 0 Å². The molecule has 2 fully saturated rings. The van der Waals surface area contributed by atoms with Gasteiger partial charge in [-0.3, -0.25) is 19.7 Å². The molecule has 2 heterocycles. The Bertz CT molecular complexity index is 1100. The molecule has 2 aliphatic heterocycles. The van der Waals surface area contributed by atoms with E-state index in [1.165, 1.54) is 19.1 Å². The molecule has 2 amide bonds. The fourth-order valence-corrected chi connectivity index (χ4v) is 4.35. The molecule has 178 valence electrons. The zero-order valence-corrected chi connectivity index (χ0v) is 19.2. The van der Waals surface area contributed by atoms with Gasteiger partial charge in [0.05, 0.1) is 23.7 Å². The molecule has 2 aromatic carbocycles. The largest absolute Gasteiger partial charge is 0.378 e. The predicted molar refractivity (Wildman–Crippen MR) is 129 cm³/mol. The molecule has 0 spiro atoms. The first-order chi connectivity index (χ1) is 16.4. The minimum Gasteiger partial charge on any atom is -0.378 e. The minimum absolute atomic E-state index is 0.00295. The van der Waals surface area contributed by atoms with Crippen molar-refractivity contribution in [2.45, 2.75) is 6.92 Å². The Kier molecular flexibility index (Phi) is 7.22. The third-order valence-corrected chi connectivity index (χ3v) is 6.22. The van der Waals surface area contributed by atoms with Crippen molar-refractivity contribution >= 4 is 29.3 Å². The number of nitro benzene ring substituents is 1. The molecule has 0 unspecified atom stereocenters. The van der Waals surface area contributed by atoms with E-state index in [9.17, 15) is 19.7 Å². The average molecular weight is 465 g/mol. The Morgan fingerprint density at radius 3 is 2.32 bits per heavy atom. The van der Waals surface area contributed by atoms with Crippen LogP contribution >= 0.6 is 0 Å². The highest BCUT2D eigenvalue weighted by Gasteiger charge is 2.22. The summed E-state index contributed by atoms with van der Waals surface area (Å²) in [6.07, 6.45) is 3.10. The van der Waals surface area contributed by atoms with Crippen molar-refractivity contribution in [2.24, 2.45) is 0 Å². The lowest BCUT2D eigenvalue weighted by Crippen LogP contribution is -2.49. The number of ether oxygens (including phenoxy) is 1. The third kappa shape index (κ3) is 5.26. The lowest BCUT2D eigenvalue weighted by Gasteiger charge is -2.33. The van der Waals surface area contributed by atoms with E-state index in [1.54, 1.807) is 28.0 Å². The number of rotatable bonds is 5. The van der Waals surface area contributed by atoms with E-state index in [-0.39, 0.29) is 17.5 Å². The SMILES string of the molecule is CC(=O)N1CCN(C(=O)/C=C/c2cccc([N+](=O)[O-])c2-c2cccc(N3CCOCC3)c2)CC1. The van der Waals surface area contributed by atoms with Gasteiger partial charge in [-0.1, -0.05) is 24.3 Å². The number of hydrogen-bond donors (Lipinski definition) is 0. The smallest absolute Gasteiger partial charge is 0.277 e. The van der Waals surface area contributed by atoms with E-state index in [4.69, 9.17) is 4.74 Å². The molecule has 0 aliphatic carbocycles. The van der Waals surface area contributed by atoms with Gasteiger partial charge in [0.2, 0.25) is 11.8 Å². The number of carbonyl (C=O) groups excluding carboxylic acids is 2. The summed E-state index contributed by atoms with van der Waals surface area (Å²) in [6.45, 7) is 6.28. The second kappa shape index (κ2) is 10.5. The zero-order chi connectivity index (χ0) is 24.1. The van der Waals surface area contributed by atoms with E-state index in [1.807, 2.05) is 24.3 Å².